The van der Waals surface area contributed by atoms with Crippen LogP contribution < -0.4 is 15.4 Å². The summed E-state index contributed by atoms with van der Waals surface area (Å²) >= 11 is 0. The molecule has 1 heterocycles. The third-order valence-electron chi connectivity index (χ3n) is 3.45. The Morgan fingerprint density at radius 1 is 1.38 bits per heavy atom. The highest BCUT2D eigenvalue weighted by Crippen LogP contribution is 2.19. The maximum absolute atomic E-state index is 12.3. The second-order valence-corrected chi connectivity index (χ2v) is 6.90. The minimum absolute atomic E-state index is 0.0469. The zero-order valence-corrected chi connectivity index (χ0v) is 13.1. The number of carbonyl (C=O) groups is 1. The second-order valence-electron chi connectivity index (χ2n) is 5.14. The summed E-state index contributed by atoms with van der Waals surface area (Å²) in [7, 11) is -3.60. The molecule has 116 valence electrons. The van der Waals surface area contributed by atoms with Gasteiger partial charge in [-0.1, -0.05) is 13.0 Å². The monoisotopic (exact) mass is 311 g/mol. The minimum atomic E-state index is -3.60. The van der Waals surface area contributed by atoms with Crippen LogP contribution in [0.1, 0.15) is 29.8 Å². The van der Waals surface area contributed by atoms with Crippen LogP contribution in [0.2, 0.25) is 0 Å². The van der Waals surface area contributed by atoms with E-state index in [4.69, 9.17) is 0 Å². The zero-order valence-electron chi connectivity index (χ0n) is 12.3. The van der Waals surface area contributed by atoms with Crippen molar-refractivity contribution in [2.75, 3.05) is 19.6 Å². The molecule has 2 rings (SSSR count). The molecule has 3 N–H and O–H groups in total. The van der Waals surface area contributed by atoms with E-state index in [-0.39, 0.29) is 16.8 Å². The van der Waals surface area contributed by atoms with Gasteiger partial charge in [0, 0.05) is 24.7 Å². The molecule has 1 atom stereocenters. The molecular formula is C14H21N3O3S. The summed E-state index contributed by atoms with van der Waals surface area (Å²) in [6.07, 6.45) is 0.728. The quantitative estimate of drug-likeness (QED) is 0.703. The van der Waals surface area contributed by atoms with Crippen molar-refractivity contribution in [2.45, 2.75) is 31.2 Å². The summed E-state index contributed by atoms with van der Waals surface area (Å²) in [5.74, 6) is -0.214. The first kappa shape index (κ1) is 15.9. The van der Waals surface area contributed by atoms with E-state index < -0.39 is 10.0 Å². The molecule has 0 saturated heterocycles. The van der Waals surface area contributed by atoms with Gasteiger partial charge in [-0.3, -0.25) is 4.79 Å². The number of carbonyl (C=O) groups excluding carboxylic acids is 1. The van der Waals surface area contributed by atoms with Crippen molar-refractivity contribution >= 4 is 15.9 Å². The minimum Gasteiger partial charge on any atom is -0.352 e. The summed E-state index contributed by atoms with van der Waals surface area (Å²) in [6, 6.07) is 4.77. The van der Waals surface area contributed by atoms with Crippen LogP contribution in [0.4, 0.5) is 0 Å². The highest BCUT2D eigenvalue weighted by Gasteiger charge is 2.21. The number of nitrogens with one attached hydrogen (secondary N) is 3. The van der Waals surface area contributed by atoms with E-state index in [9.17, 15) is 13.2 Å². The first-order valence-corrected chi connectivity index (χ1v) is 8.56. The fourth-order valence-corrected chi connectivity index (χ4v) is 3.45. The molecule has 1 aliphatic heterocycles. The summed E-state index contributed by atoms with van der Waals surface area (Å²) < 4.78 is 27.1. The van der Waals surface area contributed by atoms with Crippen molar-refractivity contribution in [3.05, 3.63) is 29.3 Å². The zero-order chi connectivity index (χ0) is 15.5. The van der Waals surface area contributed by atoms with Crippen LogP contribution in [-0.4, -0.2) is 40.0 Å². The van der Waals surface area contributed by atoms with Crippen molar-refractivity contribution in [3.8, 4) is 0 Å². The third-order valence-corrected chi connectivity index (χ3v) is 4.87. The number of sulfonamides is 1. The predicted molar refractivity (Wildman–Crippen MR) is 80.8 cm³/mol. The molecule has 0 fully saturated rings. The largest absolute Gasteiger partial charge is 0.352 e. The topological polar surface area (TPSA) is 87.3 Å². The Balaban J connectivity index is 2.17. The van der Waals surface area contributed by atoms with Gasteiger partial charge in [-0.25, -0.2) is 13.1 Å². The summed E-state index contributed by atoms with van der Waals surface area (Å²) in [4.78, 5) is 11.9. The molecule has 7 heteroatoms. The molecule has 6 nitrogen and oxygen atoms in total. The molecule has 0 bridgehead atoms. The Morgan fingerprint density at radius 2 is 2.14 bits per heavy atom. The first-order valence-electron chi connectivity index (χ1n) is 7.08. The van der Waals surface area contributed by atoms with Crippen LogP contribution >= 0.6 is 0 Å². The average Bonchev–Trinajstić information content (AvgIpc) is 2.46. The fourth-order valence-electron chi connectivity index (χ4n) is 2.30. The van der Waals surface area contributed by atoms with Crippen molar-refractivity contribution in [2.24, 2.45) is 0 Å². The van der Waals surface area contributed by atoms with Gasteiger partial charge < -0.3 is 10.6 Å². The van der Waals surface area contributed by atoms with E-state index >= 15 is 0 Å². The van der Waals surface area contributed by atoms with E-state index in [1.165, 1.54) is 6.07 Å². The van der Waals surface area contributed by atoms with E-state index in [0.29, 0.717) is 18.7 Å². The molecule has 0 unspecified atom stereocenters. The van der Waals surface area contributed by atoms with Gasteiger partial charge in [0.1, 0.15) is 0 Å². The molecule has 0 aliphatic carbocycles. The number of hydrogen-bond donors (Lipinski definition) is 3. The predicted octanol–water partition coefficient (Wildman–Crippen LogP) is 0.249. The maximum atomic E-state index is 12.3. The SMILES string of the molecule is CCN[C@H](C)CNS(=O)(=O)c1ccc2c(c1)C(=O)NCC2. The van der Waals surface area contributed by atoms with E-state index in [2.05, 4.69) is 15.4 Å². The van der Waals surface area contributed by atoms with Crippen molar-refractivity contribution < 1.29 is 13.2 Å². The molecule has 1 aromatic rings. The van der Waals surface area contributed by atoms with Crippen molar-refractivity contribution in [3.63, 3.8) is 0 Å². The van der Waals surface area contributed by atoms with Gasteiger partial charge in [-0.2, -0.15) is 0 Å². The second kappa shape index (κ2) is 6.55. The smallest absolute Gasteiger partial charge is 0.251 e. The molecule has 0 saturated carbocycles. The number of fused-ring (bicyclic) bond motifs is 1. The number of rotatable bonds is 6. The van der Waals surface area contributed by atoms with E-state index in [1.807, 2.05) is 13.8 Å². The Labute approximate surface area is 125 Å². The lowest BCUT2D eigenvalue weighted by molar-refractivity contribution is 0.0945. The maximum Gasteiger partial charge on any atom is 0.251 e. The van der Waals surface area contributed by atoms with Gasteiger partial charge in [0.05, 0.1) is 4.90 Å². The normalized spacial score (nSPS) is 16.2. The van der Waals surface area contributed by atoms with Gasteiger partial charge in [-0.15, -0.1) is 0 Å². The van der Waals surface area contributed by atoms with Crippen LogP contribution in [0.5, 0.6) is 0 Å². The highest BCUT2D eigenvalue weighted by molar-refractivity contribution is 7.89. The third kappa shape index (κ3) is 3.81. The van der Waals surface area contributed by atoms with Crippen molar-refractivity contribution in [1.82, 2.24) is 15.4 Å². The Kier molecular flexibility index (Phi) is 4.97. The fraction of sp³-hybridized carbons (Fsp3) is 0.500. The van der Waals surface area contributed by atoms with Crippen molar-refractivity contribution in [1.29, 1.82) is 0 Å². The molecular weight excluding hydrogens is 290 g/mol. The molecule has 1 amide bonds. The average molecular weight is 311 g/mol. The lowest BCUT2D eigenvalue weighted by atomic mass is 10.0. The van der Waals surface area contributed by atoms with Gasteiger partial charge >= 0.3 is 0 Å². The van der Waals surface area contributed by atoms with Crippen LogP contribution in [0.25, 0.3) is 0 Å². The van der Waals surface area contributed by atoms with Gasteiger partial charge in [0.15, 0.2) is 0 Å². The molecule has 1 aliphatic rings. The molecule has 0 aromatic heterocycles. The Morgan fingerprint density at radius 3 is 2.86 bits per heavy atom. The Hall–Kier alpha value is -1.44. The van der Waals surface area contributed by atoms with Gasteiger partial charge in [-0.05, 0) is 37.6 Å². The van der Waals surface area contributed by atoms with Gasteiger partial charge in [0.25, 0.3) is 5.91 Å². The van der Waals surface area contributed by atoms with Crippen LogP contribution in [0.15, 0.2) is 23.1 Å². The summed E-state index contributed by atoms with van der Waals surface area (Å²) in [5, 5.41) is 5.86. The number of benzene rings is 1. The molecule has 0 spiro atoms. The van der Waals surface area contributed by atoms with Crippen LogP contribution in [0, 0.1) is 0 Å². The van der Waals surface area contributed by atoms with E-state index in [1.54, 1.807) is 12.1 Å². The highest BCUT2D eigenvalue weighted by atomic mass is 32.2. The summed E-state index contributed by atoms with van der Waals surface area (Å²) in [5.41, 5.74) is 1.34. The lowest BCUT2D eigenvalue weighted by Gasteiger charge is -2.18. The molecule has 0 radical (unpaired) electrons. The van der Waals surface area contributed by atoms with Crippen LogP contribution in [-0.2, 0) is 16.4 Å². The molecule has 21 heavy (non-hydrogen) atoms. The lowest BCUT2D eigenvalue weighted by Crippen LogP contribution is -2.39. The van der Waals surface area contributed by atoms with E-state index in [0.717, 1.165) is 18.5 Å². The number of likely N-dealkylation sites (N-methyl/N-ethyl adjacent to an activating group) is 1. The molecule has 1 aromatic carbocycles. The number of amides is 1. The Bertz CT molecular complexity index is 628. The summed E-state index contributed by atoms with van der Waals surface area (Å²) in [6.45, 7) is 5.55. The van der Waals surface area contributed by atoms with Gasteiger partial charge in [0.2, 0.25) is 10.0 Å². The first-order chi connectivity index (χ1) is 9.94. The standard InChI is InChI=1S/C14H21N3O3S/c1-3-15-10(2)9-17-21(19,20)12-5-4-11-6-7-16-14(18)13(11)8-12/h4-5,8,10,15,17H,3,6-7,9H2,1-2H3,(H,16,18)/t10-/m1/s1. The number of hydrogen-bond acceptors (Lipinski definition) is 4. The van der Waals surface area contributed by atoms with Crippen LogP contribution in [0.3, 0.4) is 0 Å².